The molecule has 13 heavy (non-hydrogen) atoms. The van der Waals surface area contributed by atoms with Gasteiger partial charge in [0.05, 0.1) is 4.75 Å². The van der Waals surface area contributed by atoms with Crippen LogP contribution in [0.1, 0.15) is 19.4 Å². The van der Waals surface area contributed by atoms with E-state index in [1.54, 1.807) is 10.5 Å². The Morgan fingerprint density at radius 1 is 1.54 bits per heavy atom. The fraction of sp³-hybridized carbons (Fsp3) is 0.444. The molecule has 2 heterocycles. The van der Waals surface area contributed by atoms with Gasteiger partial charge < -0.3 is 0 Å². The zero-order valence-corrected chi connectivity index (χ0v) is 8.76. The molecule has 1 aliphatic heterocycles. The van der Waals surface area contributed by atoms with Crippen molar-refractivity contribution < 1.29 is 4.21 Å². The van der Waals surface area contributed by atoms with E-state index < -0.39 is 11.0 Å². The molecule has 2 rings (SSSR count). The third-order valence-corrected chi connectivity index (χ3v) is 4.18. The Bertz CT molecular complexity index is 376. The maximum atomic E-state index is 11.9. The fourth-order valence-electron chi connectivity index (χ4n) is 1.63. The normalized spacial score (nSPS) is 24.5. The van der Waals surface area contributed by atoms with Crippen molar-refractivity contribution >= 4 is 16.8 Å². The Hall–Kier alpha value is -0.900. The van der Waals surface area contributed by atoms with Crippen molar-refractivity contribution in [2.45, 2.75) is 18.6 Å². The van der Waals surface area contributed by atoms with Gasteiger partial charge in [-0.3, -0.25) is 4.31 Å². The van der Waals surface area contributed by atoms with Crippen LogP contribution in [0.4, 0.5) is 5.82 Å². The molecular weight excluding hydrogens is 184 g/mol. The maximum Gasteiger partial charge on any atom is 0.144 e. The van der Waals surface area contributed by atoms with Gasteiger partial charge in [0.2, 0.25) is 0 Å². The lowest BCUT2D eigenvalue weighted by atomic mass is 10.0. The minimum absolute atomic E-state index is 0.307. The van der Waals surface area contributed by atoms with Crippen LogP contribution in [0.15, 0.2) is 18.3 Å². The van der Waals surface area contributed by atoms with Crippen LogP contribution in [0.2, 0.25) is 0 Å². The number of rotatable bonds is 0. The molecule has 3 nitrogen and oxygen atoms in total. The summed E-state index contributed by atoms with van der Waals surface area (Å²) in [5.41, 5.74) is 1.07. The average molecular weight is 196 g/mol. The van der Waals surface area contributed by atoms with E-state index >= 15 is 0 Å². The molecule has 0 fully saturated rings. The molecule has 0 aromatic carbocycles. The minimum atomic E-state index is -1.00. The molecule has 4 heteroatoms. The van der Waals surface area contributed by atoms with Gasteiger partial charge in [0.1, 0.15) is 16.8 Å². The summed E-state index contributed by atoms with van der Waals surface area (Å²) in [5, 5.41) is 0. The van der Waals surface area contributed by atoms with Gasteiger partial charge in [-0.05, 0) is 19.9 Å². The first-order chi connectivity index (χ1) is 6.05. The Morgan fingerprint density at radius 3 is 2.85 bits per heavy atom. The molecule has 0 aliphatic carbocycles. The molecule has 1 unspecified atom stereocenters. The number of hydrogen-bond acceptors (Lipinski definition) is 2. The zero-order chi connectivity index (χ0) is 9.64. The summed E-state index contributed by atoms with van der Waals surface area (Å²) >= 11 is 0. The number of nitrogens with zero attached hydrogens (tertiary/aromatic N) is 2. The molecule has 0 spiro atoms. The Kier molecular flexibility index (Phi) is 1.70. The molecule has 0 N–H and O–H groups in total. The van der Waals surface area contributed by atoms with Crippen molar-refractivity contribution in [2.75, 3.05) is 11.4 Å². The van der Waals surface area contributed by atoms with Crippen molar-refractivity contribution in [1.82, 2.24) is 4.98 Å². The predicted molar refractivity (Wildman–Crippen MR) is 53.8 cm³/mol. The van der Waals surface area contributed by atoms with Gasteiger partial charge in [-0.15, -0.1) is 0 Å². The largest absolute Gasteiger partial charge is 0.278 e. The van der Waals surface area contributed by atoms with E-state index in [1.807, 2.05) is 33.0 Å². The molecule has 0 amide bonds. The first kappa shape index (κ1) is 8.69. The first-order valence-electron chi connectivity index (χ1n) is 4.16. The van der Waals surface area contributed by atoms with Crippen LogP contribution < -0.4 is 4.31 Å². The first-order valence-corrected chi connectivity index (χ1v) is 5.27. The lowest BCUT2D eigenvalue weighted by molar-refractivity contribution is 0.651. The number of hydrogen-bond donors (Lipinski definition) is 0. The minimum Gasteiger partial charge on any atom is -0.278 e. The topological polar surface area (TPSA) is 33.2 Å². The monoisotopic (exact) mass is 196 g/mol. The van der Waals surface area contributed by atoms with Crippen molar-refractivity contribution in [3.8, 4) is 0 Å². The van der Waals surface area contributed by atoms with Crippen LogP contribution in [0.5, 0.6) is 0 Å². The van der Waals surface area contributed by atoms with E-state index in [1.165, 1.54) is 0 Å². The van der Waals surface area contributed by atoms with Gasteiger partial charge >= 0.3 is 0 Å². The third-order valence-electron chi connectivity index (χ3n) is 2.42. The summed E-state index contributed by atoms with van der Waals surface area (Å²) < 4.78 is 13.3. The lowest BCUT2D eigenvalue weighted by Gasteiger charge is -2.16. The van der Waals surface area contributed by atoms with Crippen molar-refractivity contribution in [1.29, 1.82) is 0 Å². The van der Waals surface area contributed by atoms with Gasteiger partial charge in [0.25, 0.3) is 0 Å². The summed E-state index contributed by atoms with van der Waals surface area (Å²) in [6.45, 7) is 3.96. The van der Waals surface area contributed by atoms with E-state index in [4.69, 9.17) is 0 Å². The van der Waals surface area contributed by atoms with Crippen molar-refractivity contribution in [3.63, 3.8) is 0 Å². The van der Waals surface area contributed by atoms with Crippen LogP contribution in [0.3, 0.4) is 0 Å². The standard InChI is InChI=1S/C9H12N2OS/c1-9(2)7-5-4-6-10-8(7)11(3)13(9)12/h4-6H,1-3H3. The summed E-state index contributed by atoms with van der Waals surface area (Å²) in [6.07, 6.45) is 1.73. The van der Waals surface area contributed by atoms with Gasteiger partial charge in [-0.2, -0.15) is 0 Å². The predicted octanol–water partition coefficient (Wildman–Crippen LogP) is 1.43. The molecular formula is C9H12N2OS. The van der Waals surface area contributed by atoms with E-state index in [-0.39, 0.29) is 4.75 Å². The van der Waals surface area contributed by atoms with Gasteiger partial charge in [-0.25, -0.2) is 9.19 Å². The van der Waals surface area contributed by atoms with Crippen LogP contribution >= 0.6 is 0 Å². The zero-order valence-electron chi connectivity index (χ0n) is 7.94. The van der Waals surface area contributed by atoms with E-state index in [0.29, 0.717) is 0 Å². The quantitative estimate of drug-likeness (QED) is 0.629. The van der Waals surface area contributed by atoms with E-state index in [2.05, 4.69) is 4.98 Å². The fourth-order valence-corrected chi connectivity index (χ4v) is 2.97. The highest BCUT2D eigenvalue weighted by Crippen LogP contribution is 2.41. The van der Waals surface area contributed by atoms with Crippen molar-refractivity contribution in [2.24, 2.45) is 0 Å². The second-order valence-electron chi connectivity index (χ2n) is 3.63. The summed E-state index contributed by atoms with van der Waals surface area (Å²) in [6, 6.07) is 3.88. The second-order valence-corrected chi connectivity index (χ2v) is 5.70. The molecule has 0 bridgehead atoms. The van der Waals surface area contributed by atoms with Crippen LogP contribution in [-0.2, 0) is 15.7 Å². The Morgan fingerprint density at radius 2 is 2.23 bits per heavy atom. The molecule has 1 atom stereocenters. The molecule has 1 aromatic rings. The molecule has 0 radical (unpaired) electrons. The summed E-state index contributed by atoms with van der Waals surface area (Å²) in [4.78, 5) is 4.22. The Labute approximate surface area is 80.4 Å². The highest BCUT2D eigenvalue weighted by atomic mass is 32.2. The maximum absolute atomic E-state index is 11.9. The number of anilines is 1. The van der Waals surface area contributed by atoms with Crippen LogP contribution in [-0.4, -0.2) is 16.2 Å². The number of fused-ring (bicyclic) bond motifs is 1. The molecule has 1 aliphatic rings. The van der Waals surface area contributed by atoms with Crippen LogP contribution in [0, 0.1) is 0 Å². The third kappa shape index (κ3) is 1.01. The molecule has 0 saturated heterocycles. The van der Waals surface area contributed by atoms with Crippen molar-refractivity contribution in [3.05, 3.63) is 23.9 Å². The van der Waals surface area contributed by atoms with Gasteiger partial charge in [-0.1, -0.05) is 6.07 Å². The summed E-state index contributed by atoms with van der Waals surface area (Å²) in [7, 11) is 0.813. The molecule has 70 valence electrons. The average Bonchev–Trinajstić information content (AvgIpc) is 2.30. The highest BCUT2D eigenvalue weighted by molar-refractivity contribution is 7.87. The Balaban J connectivity index is 2.68. The van der Waals surface area contributed by atoms with Crippen LogP contribution in [0.25, 0.3) is 0 Å². The highest BCUT2D eigenvalue weighted by Gasteiger charge is 2.41. The number of aromatic nitrogens is 1. The molecule has 0 saturated carbocycles. The number of pyridine rings is 1. The van der Waals surface area contributed by atoms with Gasteiger partial charge in [0.15, 0.2) is 0 Å². The second kappa shape index (κ2) is 2.54. The smallest absolute Gasteiger partial charge is 0.144 e. The molecule has 1 aromatic heterocycles. The van der Waals surface area contributed by atoms with E-state index in [0.717, 1.165) is 11.4 Å². The SMILES string of the molecule is CN1c2ncccc2C(C)(C)S1=O. The lowest BCUT2D eigenvalue weighted by Crippen LogP contribution is -2.26. The van der Waals surface area contributed by atoms with E-state index in [9.17, 15) is 4.21 Å². The summed E-state index contributed by atoms with van der Waals surface area (Å²) in [5.74, 6) is 0.839. The van der Waals surface area contributed by atoms with Gasteiger partial charge in [0, 0.05) is 18.8 Å².